The van der Waals surface area contributed by atoms with Gasteiger partial charge in [-0.3, -0.25) is 9.59 Å². The molecule has 0 radical (unpaired) electrons. The molecule has 0 saturated heterocycles. The second kappa shape index (κ2) is 7.14. The molecule has 0 aromatic heterocycles. The molecular formula is C14H18ClNO3. The summed E-state index contributed by atoms with van der Waals surface area (Å²) >= 11 is 5.88. The van der Waals surface area contributed by atoms with Gasteiger partial charge in [0.25, 0.3) is 0 Å². The molecule has 0 aliphatic heterocycles. The topological polar surface area (TPSA) is 46.6 Å². The van der Waals surface area contributed by atoms with E-state index in [1.807, 2.05) is 19.9 Å². The lowest BCUT2D eigenvalue weighted by Gasteiger charge is -2.25. The second-order valence-electron chi connectivity index (χ2n) is 4.50. The number of carbonyl (C=O) groups excluding carboxylic acids is 2. The van der Waals surface area contributed by atoms with Gasteiger partial charge in [0.15, 0.2) is 0 Å². The van der Waals surface area contributed by atoms with E-state index in [0.29, 0.717) is 5.02 Å². The molecule has 0 saturated carbocycles. The van der Waals surface area contributed by atoms with Crippen LogP contribution < -0.4 is 0 Å². The summed E-state index contributed by atoms with van der Waals surface area (Å²) in [6, 6.07) is 7.07. The van der Waals surface area contributed by atoms with Gasteiger partial charge in [-0.1, -0.05) is 23.7 Å². The van der Waals surface area contributed by atoms with Crippen molar-refractivity contribution in [2.24, 2.45) is 0 Å². The molecule has 0 fully saturated rings. The summed E-state index contributed by atoms with van der Waals surface area (Å²) in [5.41, 5.74) is 0.827. The lowest BCUT2D eigenvalue weighted by Crippen LogP contribution is -2.41. The highest BCUT2D eigenvalue weighted by Crippen LogP contribution is 2.13. The maximum atomic E-state index is 12.2. The van der Waals surface area contributed by atoms with Crippen molar-refractivity contribution in [2.75, 3.05) is 13.7 Å². The summed E-state index contributed by atoms with van der Waals surface area (Å²) in [5.74, 6) is -0.546. The summed E-state index contributed by atoms with van der Waals surface area (Å²) in [6.07, 6.45) is 0.218. The fourth-order valence-corrected chi connectivity index (χ4v) is 1.90. The van der Waals surface area contributed by atoms with E-state index >= 15 is 0 Å². The van der Waals surface area contributed by atoms with Crippen LogP contribution in [0.25, 0.3) is 0 Å². The Morgan fingerprint density at radius 3 is 2.58 bits per heavy atom. The van der Waals surface area contributed by atoms with Crippen LogP contribution in [0, 0.1) is 0 Å². The van der Waals surface area contributed by atoms with E-state index in [2.05, 4.69) is 4.74 Å². The van der Waals surface area contributed by atoms with Crippen LogP contribution in [-0.4, -0.2) is 36.5 Å². The van der Waals surface area contributed by atoms with E-state index in [1.165, 1.54) is 12.0 Å². The molecule has 104 valence electrons. The Morgan fingerprint density at radius 1 is 1.37 bits per heavy atom. The van der Waals surface area contributed by atoms with Gasteiger partial charge in [0, 0.05) is 11.1 Å². The van der Waals surface area contributed by atoms with Crippen molar-refractivity contribution in [3.8, 4) is 0 Å². The smallest absolute Gasteiger partial charge is 0.325 e. The number of ether oxygens (including phenoxy) is 1. The highest BCUT2D eigenvalue weighted by Gasteiger charge is 2.20. The van der Waals surface area contributed by atoms with Crippen molar-refractivity contribution in [3.63, 3.8) is 0 Å². The maximum Gasteiger partial charge on any atom is 0.325 e. The first-order chi connectivity index (χ1) is 8.93. The first kappa shape index (κ1) is 15.5. The third kappa shape index (κ3) is 4.91. The molecule has 0 spiro atoms. The van der Waals surface area contributed by atoms with Crippen molar-refractivity contribution in [2.45, 2.75) is 26.3 Å². The Kier molecular flexibility index (Phi) is 5.83. The lowest BCUT2D eigenvalue weighted by molar-refractivity contribution is -0.148. The fraction of sp³-hybridized carbons (Fsp3) is 0.429. The van der Waals surface area contributed by atoms with Crippen LogP contribution in [0.1, 0.15) is 19.4 Å². The van der Waals surface area contributed by atoms with Gasteiger partial charge in [-0.05, 0) is 31.5 Å². The number of halogens is 1. The van der Waals surface area contributed by atoms with Gasteiger partial charge in [0.1, 0.15) is 6.54 Å². The zero-order chi connectivity index (χ0) is 14.4. The molecule has 1 aromatic carbocycles. The van der Waals surface area contributed by atoms with E-state index in [0.717, 1.165) is 5.56 Å². The summed E-state index contributed by atoms with van der Waals surface area (Å²) in [4.78, 5) is 25.0. The third-order valence-electron chi connectivity index (χ3n) is 2.72. The molecule has 19 heavy (non-hydrogen) atoms. The summed E-state index contributed by atoms with van der Waals surface area (Å²) in [5, 5.41) is 0.592. The van der Waals surface area contributed by atoms with Gasteiger partial charge < -0.3 is 9.64 Å². The lowest BCUT2D eigenvalue weighted by atomic mass is 10.1. The predicted molar refractivity (Wildman–Crippen MR) is 74.0 cm³/mol. The zero-order valence-corrected chi connectivity index (χ0v) is 12.1. The van der Waals surface area contributed by atoms with Gasteiger partial charge >= 0.3 is 5.97 Å². The van der Waals surface area contributed by atoms with E-state index in [9.17, 15) is 9.59 Å². The molecule has 1 rings (SSSR count). The summed E-state index contributed by atoms with van der Waals surface area (Å²) < 4.78 is 4.60. The number of nitrogens with zero attached hydrogens (tertiary/aromatic N) is 1. The van der Waals surface area contributed by atoms with Crippen LogP contribution in [0.3, 0.4) is 0 Å². The van der Waals surface area contributed by atoms with Crippen LogP contribution in [0.2, 0.25) is 5.02 Å². The molecule has 0 atom stereocenters. The highest BCUT2D eigenvalue weighted by atomic mass is 35.5. The van der Waals surface area contributed by atoms with Gasteiger partial charge in [0.05, 0.1) is 13.5 Å². The molecule has 0 aliphatic carbocycles. The van der Waals surface area contributed by atoms with Gasteiger partial charge in [-0.25, -0.2) is 0 Å². The molecule has 1 amide bonds. The maximum absolute atomic E-state index is 12.2. The number of methoxy groups -OCH3 is 1. The van der Waals surface area contributed by atoms with E-state index < -0.39 is 5.97 Å². The largest absolute Gasteiger partial charge is 0.468 e. The number of hydrogen-bond acceptors (Lipinski definition) is 3. The molecule has 0 unspecified atom stereocenters. The summed E-state index contributed by atoms with van der Waals surface area (Å²) in [7, 11) is 1.31. The SMILES string of the molecule is COC(=O)CN(C(=O)Cc1cccc(Cl)c1)C(C)C. The molecule has 5 heteroatoms. The second-order valence-corrected chi connectivity index (χ2v) is 4.93. The Bertz CT molecular complexity index is 460. The van der Waals surface area contributed by atoms with E-state index in [1.54, 1.807) is 18.2 Å². The molecular weight excluding hydrogens is 266 g/mol. The Balaban J connectivity index is 2.75. The van der Waals surface area contributed by atoms with Gasteiger partial charge in [-0.15, -0.1) is 0 Å². The highest BCUT2D eigenvalue weighted by molar-refractivity contribution is 6.30. The minimum Gasteiger partial charge on any atom is -0.468 e. The van der Waals surface area contributed by atoms with E-state index in [-0.39, 0.29) is 24.9 Å². The van der Waals surface area contributed by atoms with Crippen LogP contribution in [0.15, 0.2) is 24.3 Å². The molecule has 0 aliphatic rings. The summed E-state index contributed by atoms with van der Waals surface area (Å²) in [6.45, 7) is 3.69. The Hall–Kier alpha value is -1.55. The van der Waals surface area contributed by atoms with Crippen molar-refractivity contribution in [1.82, 2.24) is 4.90 Å². The van der Waals surface area contributed by atoms with Crippen molar-refractivity contribution in [3.05, 3.63) is 34.9 Å². The average molecular weight is 284 g/mol. The first-order valence-electron chi connectivity index (χ1n) is 6.04. The van der Waals surface area contributed by atoms with Crippen molar-refractivity contribution in [1.29, 1.82) is 0 Å². The minimum absolute atomic E-state index is 0.0342. The molecule has 4 nitrogen and oxygen atoms in total. The van der Waals surface area contributed by atoms with Crippen molar-refractivity contribution < 1.29 is 14.3 Å². The van der Waals surface area contributed by atoms with E-state index in [4.69, 9.17) is 11.6 Å². The number of esters is 1. The number of benzene rings is 1. The Morgan fingerprint density at radius 2 is 2.05 bits per heavy atom. The third-order valence-corrected chi connectivity index (χ3v) is 2.95. The van der Waals surface area contributed by atoms with Gasteiger partial charge in [0.2, 0.25) is 5.91 Å². The van der Waals surface area contributed by atoms with Crippen LogP contribution in [0.5, 0.6) is 0 Å². The minimum atomic E-state index is -0.423. The molecule has 1 aromatic rings. The number of hydrogen-bond donors (Lipinski definition) is 0. The molecule has 0 N–H and O–H groups in total. The normalized spacial score (nSPS) is 10.4. The van der Waals surface area contributed by atoms with Crippen LogP contribution >= 0.6 is 11.6 Å². The number of rotatable bonds is 5. The molecule has 0 heterocycles. The Labute approximate surface area is 118 Å². The number of amides is 1. The standard InChI is InChI=1S/C14H18ClNO3/c1-10(2)16(9-14(18)19-3)13(17)8-11-5-4-6-12(15)7-11/h4-7,10H,8-9H2,1-3H3. The first-order valence-corrected chi connectivity index (χ1v) is 6.42. The zero-order valence-electron chi connectivity index (χ0n) is 11.4. The fourth-order valence-electron chi connectivity index (χ4n) is 1.69. The predicted octanol–water partition coefficient (Wildman–Crippen LogP) is 2.29. The average Bonchev–Trinajstić information content (AvgIpc) is 2.35. The number of carbonyl (C=O) groups is 2. The molecule has 0 bridgehead atoms. The van der Waals surface area contributed by atoms with Gasteiger partial charge in [-0.2, -0.15) is 0 Å². The van der Waals surface area contributed by atoms with Crippen molar-refractivity contribution >= 4 is 23.5 Å². The van der Waals surface area contributed by atoms with Crippen LogP contribution in [0.4, 0.5) is 0 Å². The quantitative estimate of drug-likeness (QED) is 0.779. The monoisotopic (exact) mass is 283 g/mol. The van der Waals surface area contributed by atoms with Crippen LogP contribution in [-0.2, 0) is 20.7 Å².